The Balaban J connectivity index is 1.71. The summed E-state index contributed by atoms with van der Waals surface area (Å²) < 4.78 is 2.02. The van der Waals surface area contributed by atoms with Crippen LogP contribution in [0.15, 0.2) is 12.3 Å². The van der Waals surface area contributed by atoms with Gasteiger partial charge < -0.3 is 10.3 Å². The SMILES string of the molecule is Nc1cc(C(=O)NN2CCCCC2)n(C2CC2)c1. The van der Waals surface area contributed by atoms with Crippen LogP contribution in [0.25, 0.3) is 0 Å². The van der Waals surface area contributed by atoms with Gasteiger partial charge in [0.2, 0.25) is 0 Å². The van der Waals surface area contributed by atoms with Crippen molar-refractivity contribution >= 4 is 11.6 Å². The summed E-state index contributed by atoms with van der Waals surface area (Å²) in [7, 11) is 0. The minimum absolute atomic E-state index is 0.0273. The smallest absolute Gasteiger partial charge is 0.282 e. The summed E-state index contributed by atoms with van der Waals surface area (Å²) in [6.07, 6.45) is 7.76. The zero-order valence-electron chi connectivity index (χ0n) is 10.6. The van der Waals surface area contributed by atoms with E-state index in [0.717, 1.165) is 38.8 Å². The van der Waals surface area contributed by atoms with Gasteiger partial charge in [0.05, 0.1) is 5.69 Å². The first-order valence-electron chi connectivity index (χ1n) is 6.77. The van der Waals surface area contributed by atoms with Gasteiger partial charge in [-0.25, -0.2) is 5.01 Å². The summed E-state index contributed by atoms with van der Waals surface area (Å²) in [6.45, 7) is 1.90. The van der Waals surface area contributed by atoms with Crippen LogP contribution in [0.3, 0.4) is 0 Å². The Labute approximate surface area is 107 Å². The number of hydrogen-bond donors (Lipinski definition) is 2. The molecule has 2 heterocycles. The highest BCUT2D eigenvalue weighted by atomic mass is 16.2. The van der Waals surface area contributed by atoms with Crippen LogP contribution in [-0.4, -0.2) is 28.6 Å². The highest BCUT2D eigenvalue weighted by Crippen LogP contribution is 2.37. The molecule has 0 aromatic carbocycles. The van der Waals surface area contributed by atoms with Gasteiger partial charge in [-0.3, -0.25) is 10.2 Å². The van der Waals surface area contributed by atoms with Gasteiger partial charge in [-0.15, -0.1) is 0 Å². The van der Waals surface area contributed by atoms with Crippen molar-refractivity contribution in [2.75, 3.05) is 18.8 Å². The van der Waals surface area contributed by atoms with Crippen molar-refractivity contribution in [3.05, 3.63) is 18.0 Å². The number of nitrogen functional groups attached to an aromatic ring is 1. The molecule has 0 bridgehead atoms. The summed E-state index contributed by atoms with van der Waals surface area (Å²) in [4.78, 5) is 12.3. The third-order valence-corrected chi connectivity index (χ3v) is 3.66. The van der Waals surface area contributed by atoms with Crippen LogP contribution in [0.4, 0.5) is 5.69 Å². The summed E-state index contributed by atoms with van der Waals surface area (Å²) >= 11 is 0. The molecule has 3 N–H and O–H groups in total. The first kappa shape index (κ1) is 11.6. The van der Waals surface area contributed by atoms with Gasteiger partial charge in [0, 0.05) is 25.3 Å². The molecule has 2 fully saturated rings. The number of nitrogens with two attached hydrogens (primary N) is 1. The normalized spacial score (nSPS) is 20.9. The number of nitrogens with one attached hydrogen (secondary N) is 1. The highest BCUT2D eigenvalue weighted by Gasteiger charge is 2.28. The number of hydrogen-bond acceptors (Lipinski definition) is 3. The molecule has 0 unspecified atom stereocenters. The highest BCUT2D eigenvalue weighted by molar-refractivity contribution is 5.93. The molecule has 2 aliphatic rings. The van der Waals surface area contributed by atoms with E-state index in [-0.39, 0.29) is 5.91 Å². The first-order chi connectivity index (χ1) is 8.74. The Morgan fingerprint density at radius 1 is 1.28 bits per heavy atom. The van der Waals surface area contributed by atoms with Crippen molar-refractivity contribution in [1.29, 1.82) is 0 Å². The van der Waals surface area contributed by atoms with Crippen LogP contribution in [0, 0.1) is 0 Å². The van der Waals surface area contributed by atoms with Crippen molar-refractivity contribution in [3.8, 4) is 0 Å². The molecule has 5 nitrogen and oxygen atoms in total. The number of aromatic nitrogens is 1. The van der Waals surface area contributed by atoms with E-state index in [1.54, 1.807) is 6.07 Å². The number of rotatable bonds is 3. The second-order valence-corrected chi connectivity index (χ2v) is 5.29. The molecule has 1 saturated heterocycles. The number of anilines is 1. The topological polar surface area (TPSA) is 63.3 Å². The quantitative estimate of drug-likeness (QED) is 0.852. The number of carbonyl (C=O) groups is 1. The molecule has 0 atom stereocenters. The van der Waals surface area contributed by atoms with Crippen molar-refractivity contribution in [2.24, 2.45) is 0 Å². The molecular formula is C13H20N4O. The Bertz CT molecular complexity index is 444. The number of hydrazine groups is 1. The van der Waals surface area contributed by atoms with Crippen LogP contribution in [0.1, 0.15) is 48.6 Å². The van der Waals surface area contributed by atoms with Crippen LogP contribution in [-0.2, 0) is 0 Å². The Morgan fingerprint density at radius 3 is 2.67 bits per heavy atom. The Hall–Kier alpha value is -1.49. The minimum atomic E-state index is -0.0273. The van der Waals surface area contributed by atoms with Gasteiger partial charge in [-0.05, 0) is 31.7 Å². The average molecular weight is 248 g/mol. The fraction of sp³-hybridized carbons (Fsp3) is 0.615. The molecule has 1 amide bonds. The van der Waals surface area contributed by atoms with Crippen LogP contribution in [0.2, 0.25) is 0 Å². The van der Waals surface area contributed by atoms with E-state index < -0.39 is 0 Å². The summed E-state index contributed by atoms with van der Waals surface area (Å²) in [5.74, 6) is -0.0273. The van der Waals surface area contributed by atoms with Crippen molar-refractivity contribution in [2.45, 2.75) is 38.1 Å². The maximum absolute atomic E-state index is 12.3. The van der Waals surface area contributed by atoms with Gasteiger partial charge in [0.1, 0.15) is 5.69 Å². The number of amides is 1. The number of carbonyl (C=O) groups excluding carboxylic acids is 1. The molecule has 0 radical (unpaired) electrons. The van der Waals surface area contributed by atoms with E-state index in [9.17, 15) is 4.79 Å². The van der Waals surface area contributed by atoms with E-state index in [2.05, 4.69) is 5.43 Å². The van der Waals surface area contributed by atoms with Crippen LogP contribution < -0.4 is 11.2 Å². The maximum atomic E-state index is 12.3. The number of nitrogens with zero attached hydrogens (tertiary/aromatic N) is 2. The van der Waals surface area contributed by atoms with Crippen molar-refractivity contribution in [3.63, 3.8) is 0 Å². The summed E-state index contributed by atoms with van der Waals surface area (Å²) in [6, 6.07) is 2.25. The van der Waals surface area contributed by atoms with Gasteiger partial charge in [-0.1, -0.05) is 6.42 Å². The molecule has 1 aromatic heterocycles. The van der Waals surface area contributed by atoms with E-state index >= 15 is 0 Å². The lowest BCUT2D eigenvalue weighted by atomic mass is 10.2. The maximum Gasteiger partial charge on any atom is 0.282 e. The van der Waals surface area contributed by atoms with Crippen LogP contribution >= 0.6 is 0 Å². The zero-order valence-corrected chi connectivity index (χ0v) is 10.6. The third-order valence-electron chi connectivity index (χ3n) is 3.66. The molecule has 18 heavy (non-hydrogen) atoms. The van der Waals surface area contributed by atoms with Gasteiger partial charge in [0.15, 0.2) is 0 Å². The molecule has 1 aliphatic heterocycles. The second-order valence-electron chi connectivity index (χ2n) is 5.29. The van der Waals surface area contributed by atoms with Crippen LogP contribution in [0.5, 0.6) is 0 Å². The van der Waals surface area contributed by atoms with Crippen molar-refractivity contribution < 1.29 is 4.79 Å². The summed E-state index contributed by atoms with van der Waals surface area (Å²) in [5.41, 5.74) is 10.2. The van der Waals surface area contributed by atoms with Gasteiger partial charge in [0.25, 0.3) is 5.91 Å². The Morgan fingerprint density at radius 2 is 2.00 bits per heavy atom. The number of piperidine rings is 1. The molecule has 0 spiro atoms. The zero-order chi connectivity index (χ0) is 12.5. The largest absolute Gasteiger partial charge is 0.397 e. The molecular weight excluding hydrogens is 228 g/mol. The molecule has 1 aliphatic carbocycles. The lowest BCUT2D eigenvalue weighted by Crippen LogP contribution is -2.45. The fourth-order valence-corrected chi connectivity index (χ4v) is 2.54. The lowest BCUT2D eigenvalue weighted by molar-refractivity contribution is 0.0740. The van der Waals surface area contributed by atoms with E-state index in [1.807, 2.05) is 15.8 Å². The average Bonchev–Trinajstić information content (AvgIpc) is 3.13. The van der Waals surface area contributed by atoms with Gasteiger partial charge in [-0.2, -0.15) is 0 Å². The van der Waals surface area contributed by atoms with Gasteiger partial charge >= 0.3 is 0 Å². The minimum Gasteiger partial charge on any atom is -0.397 e. The first-order valence-corrected chi connectivity index (χ1v) is 6.77. The monoisotopic (exact) mass is 248 g/mol. The third kappa shape index (κ3) is 2.36. The molecule has 1 aromatic rings. The Kier molecular flexibility index (Phi) is 2.99. The predicted molar refractivity (Wildman–Crippen MR) is 70.0 cm³/mol. The van der Waals surface area contributed by atoms with E-state index in [1.165, 1.54) is 6.42 Å². The lowest BCUT2D eigenvalue weighted by Gasteiger charge is -2.26. The summed E-state index contributed by atoms with van der Waals surface area (Å²) in [5, 5.41) is 2.02. The molecule has 1 saturated carbocycles. The molecule has 98 valence electrons. The van der Waals surface area contributed by atoms with E-state index in [4.69, 9.17) is 5.73 Å². The standard InChI is InChI=1S/C13H20N4O/c14-10-8-12(17(9-10)11-4-5-11)13(18)15-16-6-2-1-3-7-16/h8-9,11H,1-7,14H2,(H,15,18). The van der Waals surface area contributed by atoms with Crippen molar-refractivity contribution in [1.82, 2.24) is 15.0 Å². The second kappa shape index (κ2) is 4.65. The molecule has 3 rings (SSSR count). The molecule has 5 heteroatoms. The fourth-order valence-electron chi connectivity index (χ4n) is 2.54. The predicted octanol–water partition coefficient (Wildman–Crippen LogP) is 1.54. The van der Waals surface area contributed by atoms with E-state index in [0.29, 0.717) is 17.4 Å².